The first-order chi connectivity index (χ1) is 7.79. The normalized spacial score (nSPS) is 10.1. The minimum Gasteiger partial charge on any atom is -0.457 e. The second-order valence-electron chi connectivity index (χ2n) is 3.47. The molecule has 16 heavy (non-hydrogen) atoms. The van der Waals surface area contributed by atoms with E-state index in [1.807, 2.05) is 30.3 Å². The van der Waals surface area contributed by atoms with Crippen molar-refractivity contribution in [3.05, 3.63) is 54.1 Å². The summed E-state index contributed by atoms with van der Waals surface area (Å²) in [6.07, 6.45) is 2.07. The van der Waals surface area contributed by atoms with Crippen molar-refractivity contribution in [2.45, 2.75) is 11.8 Å². The molecule has 0 saturated heterocycles. The molecule has 1 nitrogen and oxygen atoms in total. The van der Waals surface area contributed by atoms with Gasteiger partial charge in [0.25, 0.3) is 0 Å². The highest BCUT2D eigenvalue weighted by Crippen LogP contribution is 2.27. The van der Waals surface area contributed by atoms with E-state index < -0.39 is 0 Å². The Morgan fingerprint density at radius 2 is 1.88 bits per heavy atom. The lowest BCUT2D eigenvalue weighted by molar-refractivity contribution is 0.478. The monoisotopic (exact) mass is 229 g/mol. The molecule has 0 fully saturated rings. The Kier molecular flexibility index (Phi) is 3.52. The quantitative estimate of drug-likeness (QED) is 0.725. The summed E-state index contributed by atoms with van der Waals surface area (Å²) in [6, 6.07) is 16.7. The minimum absolute atomic E-state index is 0.846. The average molecular weight is 229 g/mol. The number of ether oxygens (including phenoxy) is 1. The third-order valence-corrected chi connectivity index (χ3v) is 3.02. The molecular formula is C14H13OS. The van der Waals surface area contributed by atoms with E-state index >= 15 is 0 Å². The van der Waals surface area contributed by atoms with Crippen LogP contribution in [0.4, 0.5) is 0 Å². The van der Waals surface area contributed by atoms with Gasteiger partial charge in [0.15, 0.2) is 0 Å². The SMILES string of the molecule is CSc1ccc(Oc2cc[c]cc2)c(C)c1. The molecule has 2 rings (SSSR count). The zero-order chi connectivity index (χ0) is 11.4. The number of hydrogen-bond donors (Lipinski definition) is 0. The number of benzene rings is 2. The topological polar surface area (TPSA) is 9.23 Å². The van der Waals surface area contributed by atoms with Gasteiger partial charge in [0, 0.05) is 4.90 Å². The summed E-state index contributed by atoms with van der Waals surface area (Å²) < 4.78 is 5.78. The van der Waals surface area contributed by atoms with Crippen molar-refractivity contribution in [3.63, 3.8) is 0 Å². The van der Waals surface area contributed by atoms with Crippen LogP contribution in [0.2, 0.25) is 0 Å². The molecule has 2 aromatic rings. The van der Waals surface area contributed by atoms with E-state index in [0.717, 1.165) is 17.1 Å². The summed E-state index contributed by atoms with van der Waals surface area (Å²) in [7, 11) is 0. The highest BCUT2D eigenvalue weighted by atomic mass is 32.2. The van der Waals surface area contributed by atoms with Gasteiger partial charge in [-0.05, 0) is 55.1 Å². The minimum atomic E-state index is 0.846. The smallest absolute Gasteiger partial charge is 0.130 e. The zero-order valence-electron chi connectivity index (χ0n) is 9.36. The summed E-state index contributed by atoms with van der Waals surface area (Å²) >= 11 is 1.74. The Hall–Kier alpha value is -1.41. The molecule has 0 atom stereocenters. The fraction of sp³-hybridized carbons (Fsp3) is 0.143. The number of hydrogen-bond acceptors (Lipinski definition) is 2. The van der Waals surface area contributed by atoms with Gasteiger partial charge in [-0.15, -0.1) is 11.8 Å². The van der Waals surface area contributed by atoms with E-state index in [1.165, 1.54) is 4.90 Å². The van der Waals surface area contributed by atoms with Crippen LogP contribution < -0.4 is 4.74 Å². The molecule has 0 unspecified atom stereocenters. The summed E-state index contributed by atoms with van der Waals surface area (Å²) in [5, 5.41) is 0. The van der Waals surface area contributed by atoms with E-state index in [0.29, 0.717) is 0 Å². The van der Waals surface area contributed by atoms with Crippen LogP contribution in [0.25, 0.3) is 0 Å². The number of thioether (sulfide) groups is 1. The highest BCUT2D eigenvalue weighted by Gasteiger charge is 2.01. The van der Waals surface area contributed by atoms with E-state index in [-0.39, 0.29) is 0 Å². The molecule has 0 aromatic heterocycles. The van der Waals surface area contributed by atoms with Gasteiger partial charge < -0.3 is 4.74 Å². The van der Waals surface area contributed by atoms with Gasteiger partial charge in [0.2, 0.25) is 0 Å². The average Bonchev–Trinajstić information content (AvgIpc) is 2.33. The Labute approximate surface area is 100 Å². The predicted molar refractivity (Wildman–Crippen MR) is 68.3 cm³/mol. The Balaban J connectivity index is 2.22. The second kappa shape index (κ2) is 5.08. The van der Waals surface area contributed by atoms with Crippen molar-refractivity contribution in [2.75, 3.05) is 6.26 Å². The van der Waals surface area contributed by atoms with E-state index in [9.17, 15) is 0 Å². The van der Waals surface area contributed by atoms with Gasteiger partial charge in [0.1, 0.15) is 11.5 Å². The first kappa shape index (κ1) is 11.1. The van der Waals surface area contributed by atoms with Crippen molar-refractivity contribution in [1.29, 1.82) is 0 Å². The zero-order valence-corrected chi connectivity index (χ0v) is 10.2. The summed E-state index contributed by atoms with van der Waals surface area (Å²) in [5.74, 6) is 1.75. The van der Waals surface area contributed by atoms with Crippen molar-refractivity contribution in [3.8, 4) is 11.5 Å². The molecule has 2 aromatic carbocycles. The van der Waals surface area contributed by atoms with Crippen LogP contribution in [0.3, 0.4) is 0 Å². The molecule has 0 N–H and O–H groups in total. The standard InChI is InChI=1S/C14H13OS/c1-11-10-13(16-2)8-9-14(11)15-12-6-4-3-5-7-12/h4-10H,1-2H3. The van der Waals surface area contributed by atoms with E-state index in [4.69, 9.17) is 4.74 Å². The molecule has 0 aliphatic rings. The van der Waals surface area contributed by atoms with Crippen LogP contribution in [0.5, 0.6) is 11.5 Å². The Morgan fingerprint density at radius 1 is 1.12 bits per heavy atom. The molecule has 0 aliphatic carbocycles. The largest absolute Gasteiger partial charge is 0.457 e. The van der Waals surface area contributed by atoms with Crippen LogP contribution >= 0.6 is 11.8 Å². The molecule has 0 aliphatic heterocycles. The number of rotatable bonds is 3. The maximum Gasteiger partial charge on any atom is 0.130 e. The van der Waals surface area contributed by atoms with Crippen LogP contribution in [0, 0.1) is 13.0 Å². The first-order valence-electron chi connectivity index (χ1n) is 5.08. The fourth-order valence-corrected chi connectivity index (χ4v) is 1.93. The summed E-state index contributed by atoms with van der Waals surface area (Å²) in [5.41, 5.74) is 1.15. The van der Waals surface area contributed by atoms with Gasteiger partial charge in [-0.1, -0.05) is 12.1 Å². The van der Waals surface area contributed by atoms with Crippen LogP contribution in [-0.4, -0.2) is 6.26 Å². The van der Waals surface area contributed by atoms with Crippen molar-refractivity contribution >= 4 is 11.8 Å². The van der Waals surface area contributed by atoms with Crippen LogP contribution in [0.1, 0.15) is 5.56 Å². The van der Waals surface area contributed by atoms with Crippen molar-refractivity contribution in [2.24, 2.45) is 0 Å². The summed E-state index contributed by atoms with van der Waals surface area (Å²) in [6.45, 7) is 2.06. The van der Waals surface area contributed by atoms with E-state index in [2.05, 4.69) is 31.4 Å². The molecule has 81 valence electrons. The maximum atomic E-state index is 5.78. The molecule has 2 heteroatoms. The molecule has 0 spiro atoms. The van der Waals surface area contributed by atoms with Gasteiger partial charge in [0.05, 0.1) is 0 Å². The molecule has 0 saturated carbocycles. The van der Waals surface area contributed by atoms with Gasteiger partial charge in [-0.25, -0.2) is 0 Å². The third-order valence-electron chi connectivity index (χ3n) is 2.30. The lowest BCUT2D eigenvalue weighted by atomic mass is 10.2. The predicted octanol–water partition coefficient (Wildman–Crippen LogP) is 4.31. The maximum absolute atomic E-state index is 5.78. The molecule has 0 heterocycles. The third kappa shape index (κ3) is 2.58. The molecule has 1 radical (unpaired) electrons. The van der Waals surface area contributed by atoms with Crippen molar-refractivity contribution < 1.29 is 4.74 Å². The lowest BCUT2D eigenvalue weighted by Crippen LogP contribution is -1.87. The second-order valence-corrected chi connectivity index (χ2v) is 4.35. The Bertz CT molecular complexity index is 465. The van der Waals surface area contributed by atoms with Gasteiger partial charge >= 0.3 is 0 Å². The summed E-state index contributed by atoms with van der Waals surface area (Å²) in [4.78, 5) is 1.26. The van der Waals surface area contributed by atoms with Crippen molar-refractivity contribution in [1.82, 2.24) is 0 Å². The lowest BCUT2D eigenvalue weighted by Gasteiger charge is -2.09. The highest BCUT2D eigenvalue weighted by molar-refractivity contribution is 7.98. The number of aryl methyl sites for hydroxylation is 1. The van der Waals surface area contributed by atoms with E-state index in [1.54, 1.807) is 11.8 Å². The van der Waals surface area contributed by atoms with Crippen LogP contribution in [-0.2, 0) is 0 Å². The van der Waals surface area contributed by atoms with Crippen LogP contribution in [0.15, 0.2) is 47.4 Å². The molecule has 0 bridgehead atoms. The molecular weight excluding hydrogens is 216 g/mol. The van der Waals surface area contributed by atoms with Gasteiger partial charge in [-0.2, -0.15) is 0 Å². The Morgan fingerprint density at radius 3 is 2.50 bits per heavy atom. The molecule has 0 amide bonds. The van der Waals surface area contributed by atoms with Gasteiger partial charge in [-0.3, -0.25) is 0 Å². The fourth-order valence-electron chi connectivity index (χ4n) is 1.43. The first-order valence-corrected chi connectivity index (χ1v) is 6.30.